The fourth-order valence-electron chi connectivity index (χ4n) is 1.56. The van der Waals surface area contributed by atoms with Crippen LogP contribution >= 0.6 is 0 Å². The zero-order valence-electron chi connectivity index (χ0n) is 9.68. The molecule has 0 bridgehead atoms. The van der Waals surface area contributed by atoms with Crippen molar-refractivity contribution >= 4 is 12.2 Å². The Bertz CT molecular complexity index is 451. The summed E-state index contributed by atoms with van der Waals surface area (Å²) in [6.45, 7) is 4.89. The molecule has 0 amide bonds. The Morgan fingerprint density at radius 2 is 1.50 bits per heavy atom. The molecule has 0 N–H and O–H groups in total. The van der Waals surface area contributed by atoms with Crippen molar-refractivity contribution in [2.75, 3.05) is 0 Å². The lowest BCUT2D eigenvalue weighted by Crippen LogP contribution is -2.21. The molecular formula is C14H15BO. The smallest absolute Gasteiger partial charge is 0.169 e. The van der Waals surface area contributed by atoms with Crippen LogP contribution in [-0.2, 0) is 0 Å². The lowest BCUT2D eigenvalue weighted by molar-refractivity contribution is 0.483. The van der Waals surface area contributed by atoms with E-state index in [-0.39, 0.29) is 0 Å². The largest absolute Gasteiger partial charge is 0.457 e. The Morgan fingerprint density at radius 1 is 0.812 bits per heavy atom. The highest BCUT2D eigenvalue weighted by Gasteiger charge is 2.04. The molecule has 0 aliphatic carbocycles. The van der Waals surface area contributed by atoms with Gasteiger partial charge in [0.25, 0.3) is 0 Å². The Labute approximate surface area is 97.2 Å². The van der Waals surface area contributed by atoms with E-state index >= 15 is 0 Å². The minimum atomic E-state index is 0.527. The highest BCUT2D eigenvalue weighted by molar-refractivity contribution is 6.70. The number of para-hydroxylation sites is 1. The third-order valence-corrected chi connectivity index (χ3v) is 2.50. The van der Waals surface area contributed by atoms with Crippen molar-refractivity contribution < 1.29 is 4.74 Å². The topological polar surface area (TPSA) is 9.23 Å². The van der Waals surface area contributed by atoms with Crippen molar-refractivity contribution in [3.8, 4) is 11.5 Å². The first-order chi connectivity index (χ1) is 7.75. The van der Waals surface area contributed by atoms with Crippen LogP contribution in [0.5, 0.6) is 11.5 Å². The second-order valence-electron chi connectivity index (χ2n) is 4.14. The molecule has 0 saturated heterocycles. The fourth-order valence-corrected chi connectivity index (χ4v) is 1.56. The second kappa shape index (κ2) is 4.89. The second-order valence-corrected chi connectivity index (χ2v) is 4.14. The molecule has 2 aromatic rings. The van der Waals surface area contributed by atoms with Gasteiger partial charge in [-0.15, -0.1) is 0 Å². The molecule has 0 radical (unpaired) electrons. The molecule has 2 heteroatoms. The first-order valence-electron chi connectivity index (χ1n) is 5.58. The Kier molecular flexibility index (Phi) is 3.30. The maximum atomic E-state index is 5.77. The maximum absolute atomic E-state index is 5.77. The lowest BCUT2D eigenvalue weighted by atomic mass is 9.49. The van der Waals surface area contributed by atoms with Crippen molar-refractivity contribution in [2.24, 2.45) is 0 Å². The van der Waals surface area contributed by atoms with E-state index in [0.29, 0.717) is 6.71 Å². The summed E-state index contributed by atoms with van der Waals surface area (Å²) in [6, 6.07) is 18.1. The SMILES string of the molecule is CB(C)c1cccc(Oc2ccccc2)c1. The van der Waals surface area contributed by atoms with Gasteiger partial charge in [0.05, 0.1) is 0 Å². The van der Waals surface area contributed by atoms with Crippen LogP contribution in [0, 0.1) is 0 Å². The third-order valence-electron chi connectivity index (χ3n) is 2.50. The van der Waals surface area contributed by atoms with Crippen LogP contribution in [0.15, 0.2) is 54.6 Å². The van der Waals surface area contributed by atoms with E-state index in [4.69, 9.17) is 4.74 Å². The molecule has 2 rings (SSSR count). The molecule has 0 aromatic heterocycles. The zero-order chi connectivity index (χ0) is 11.4. The van der Waals surface area contributed by atoms with Crippen molar-refractivity contribution in [3.63, 3.8) is 0 Å². The van der Waals surface area contributed by atoms with E-state index < -0.39 is 0 Å². The first kappa shape index (κ1) is 10.8. The van der Waals surface area contributed by atoms with Gasteiger partial charge in [-0.1, -0.05) is 49.4 Å². The van der Waals surface area contributed by atoms with Crippen molar-refractivity contribution in [1.29, 1.82) is 0 Å². The minimum absolute atomic E-state index is 0.527. The molecule has 80 valence electrons. The first-order valence-corrected chi connectivity index (χ1v) is 5.58. The number of rotatable bonds is 3. The van der Waals surface area contributed by atoms with E-state index in [2.05, 4.69) is 25.8 Å². The fraction of sp³-hybridized carbons (Fsp3) is 0.143. The molecule has 0 atom stereocenters. The van der Waals surface area contributed by atoms with E-state index in [0.717, 1.165) is 11.5 Å². The van der Waals surface area contributed by atoms with Gasteiger partial charge in [-0.05, 0) is 24.3 Å². The molecule has 0 aliphatic rings. The Balaban J connectivity index is 2.19. The summed E-state index contributed by atoms with van der Waals surface area (Å²) >= 11 is 0. The van der Waals surface area contributed by atoms with Crippen LogP contribution in [-0.4, -0.2) is 6.71 Å². The van der Waals surface area contributed by atoms with Crippen LogP contribution in [0.4, 0.5) is 0 Å². The Hall–Kier alpha value is -1.70. The molecule has 0 saturated carbocycles. The van der Waals surface area contributed by atoms with E-state index in [1.165, 1.54) is 5.46 Å². The average molecular weight is 210 g/mol. The van der Waals surface area contributed by atoms with Gasteiger partial charge < -0.3 is 4.74 Å². The lowest BCUT2D eigenvalue weighted by Gasteiger charge is -2.08. The van der Waals surface area contributed by atoms with Gasteiger partial charge in [0.1, 0.15) is 11.5 Å². The molecule has 0 fully saturated rings. The standard InChI is InChI=1S/C14H15BO/c1-15(2)12-7-6-10-14(11-12)16-13-8-4-3-5-9-13/h3-11H,1-2H3. The van der Waals surface area contributed by atoms with Gasteiger partial charge in [0.15, 0.2) is 6.71 Å². The summed E-state index contributed by atoms with van der Waals surface area (Å²) in [6.07, 6.45) is 0. The summed E-state index contributed by atoms with van der Waals surface area (Å²) in [5.41, 5.74) is 1.30. The van der Waals surface area contributed by atoms with Crippen LogP contribution in [0.1, 0.15) is 0 Å². The van der Waals surface area contributed by atoms with Crippen molar-refractivity contribution in [2.45, 2.75) is 13.6 Å². The van der Waals surface area contributed by atoms with Gasteiger partial charge in [-0.3, -0.25) is 0 Å². The number of hydrogen-bond donors (Lipinski definition) is 0. The number of benzene rings is 2. The summed E-state index contributed by atoms with van der Waals surface area (Å²) in [7, 11) is 0. The zero-order valence-corrected chi connectivity index (χ0v) is 9.68. The molecule has 2 aromatic carbocycles. The highest BCUT2D eigenvalue weighted by atomic mass is 16.5. The number of ether oxygens (including phenoxy) is 1. The number of hydrogen-bond acceptors (Lipinski definition) is 1. The molecule has 0 heterocycles. The van der Waals surface area contributed by atoms with Crippen molar-refractivity contribution in [1.82, 2.24) is 0 Å². The summed E-state index contributed by atoms with van der Waals surface area (Å²) in [5.74, 6) is 1.78. The van der Waals surface area contributed by atoms with Crippen molar-refractivity contribution in [3.05, 3.63) is 54.6 Å². The van der Waals surface area contributed by atoms with Crippen LogP contribution < -0.4 is 10.2 Å². The predicted molar refractivity (Wildman–Crippen MR) is 70.1 cm³/mol. The van der Waals surface area contributed by atoms with E-state index in [1.807, 2.05) is 42.5 Å². The van der Waals surface area contributed by atoms with E-state index in [9.17, 15) is 0 Å². The highest BCUT2D eigenvalue weighted by Crippen LogP contribution is 2.19. The minimum Gasteiger partial charge on any atom is -0.457 e. The predicted octanol–water partition coefficient (Wildman–Crippen LogP) is 3.44. The summed E-state index contributed by atoms with van der Waals surface area (Å²) in [5, 5.41) is 0. The molecule has 0 spiro atoms. The monoisotopic (exact) mass is 210 g/mol. The van der Waals surface area contributed by atoms with Crippen LogP contribution in [0.25, 0.3) is 0 Å². The molecule has 0 aliphatic heterocycles. The van der Waals surface area contributed by atoms with Crippen LogP contribution in [0.2, 0.25) is 13.6 Å². The summed E-state index contributed by atoms with van der Waals surface area (Å²) in [4.78, 5) is 0. The van der Waals surface area contributed by atoms with Gasteiger partial charge in [-0.2, -0.15) is 0 Å². The third kappa shape index (κ3) is 2.66. The molecule has 16 heavy (non-hydrogen) atoms. The average Bonchev–Trinajstić information content (AvgIpc) is 2.30. The van der Waals surface area contributed by atoms with E-state index in [1.54, 1.807) is 0 Å². The Morgan fingerprint density at radius 3 is 2.19 bits per heavy atom. The quantitative estimate of drug-likeness (QED) is 0.705. The normalized spacial score (nSPS) is 9.88. The van der Waals surface area contributed by atoms with Crippen LogP contribution in [0.3, 0.4) is 0 Å². The van der Waals surface area contributed by atoms with Gasteiger partial charge >= 0.3 is 0 Å². The van der Waals surface area contributed by atoms with Gasteiger partial charge in [0, 0.05) is 0 Å². The van der Waals surface area contributed by atoms with Gasteiger partial charge in [-0.25, -0.2) is 0 Å². The summed E-state index contributed by atoms with van der Waals surface area (Å²) < 4.78 is 5.77. The molecular weight excluding hydrogens is 195 g/mol. The van der Waals surface area contributed by atoms with Gasteiger partial charge in [0.2, 0.25) is 0 Å². The molecule has 1 nitrogen and oxygen atoms in total. The molecule has 0 unspecified atom stereocenters. The maximum Gasteiger partial charge on any atom is 0.169 e.